The second kappa shape index (κ2) is 10.5. The lowest BCUT2D eigenvalue weighted by molar-refractivity contribution is -0.384. The highest BCUT2D eigenvalue weighted by Gasteiger charge is 2.29. The van der Waals surface area contributed by atoms with Crippen LogP contribution in [-0.4, -0.2) is 46.4 Å². The van der Waals surface area contributed by atoms with Crippen LogP contribution in [0.1, 0.15) is 35.6 Å². The number of nitro groups is 1. The molecule has 36 heavy (non-hydrogen) atoms. The van der Waals surface area contributed by atoms with Crippen molar-refractivity contribution in [1.82, 2.24) is 5.32 Å². The minimum Gasteiger partial charge on any atom is -0.449 e. The molecule has 3 aromatic rings. The lowest BCUT2D eigenvalue weighted by Gasteiger charge is -2.19. The Morgan fingerprint density at radius 2 is 1.64 bits per heavy atom. The van der Waals surface area contributed by atoms with E-state index in [0.29, 0.717) is 0 Å². The van der Waals surface area contributed by atoms with Crippen LogP contribution in [0.4, 0.5) is 16.2 Å². The molecule has 2 unspecified atom stereocenters. The normalized spacial score (nSPS) is 13.8. The van der Waals surface area contributed by atoms with Crippen LogP contribution >= 0.6 is 0 Å². The number of hydrogen-bond donors (Lipinski definition) is 4. The average molecular weight is 492 g/mol. The van der Waals surface area contributed by atoms with E-state index in [4.69, 9.17) is 4.74 Å². The first-order valence-corrected chi connectivity index (χ1v) is 11.3. The first-order chi connectivity index (χ1) is 17.3. The number of benzene rings is 3. The summed E-state index contributed by atoms with van der Waals surface area (Å²) < 4.78 is 5.41. The summed E-state index contributed by atoms with van der Waals surface area (Å²) in [4.78, 5) is 34.2. The molecule has 10 nitrogen and oxygen atoms in total. The zero-order valence-electron chi connectivity index (χ0n) is 19.4. The van der Waals surface area contributed by atoms with Crippen LogP contribution in [0.15, 0.2) is 66.7 Å². The van der Waals surface area contributed by atoms with Gasteiger partial charge in [-0.05, 0) is 33.9 Å². The first kappa shape index (κ1) is 24.8. The second-order valence-corrected chi connectivity index (χ2v) is 8.43. The fourth-order valence-electron chi connectivity index (χ4n) is 4.35. The van der Waals surface area contributed by atoms with Crippen molar-refractivity contribution in [2.75, 3.05) is 18.5 Å². The SMILES string of the molecule is CC(=O)Nc1ccc(C(O)C(O)CNC(=O)OCC2c3ccccc3-c3ccccc32)cc1[N+](=O)[O-]. The second-order valence-electron chi connectivity index (χ2n) is 8.43. The molecule has 0 radical (unpaired) electrons. The summed E-state index contributed by atoms with van der Waals surface area (Å²) in [5.74, 6) is -0.611. The molecule has 0 saturated carbocycles. The average Bonchev–Trinajstić information content (AvgIpc) is 3.19. The van der Waals surface area contributed by atoms with Crippen molar-refractivity contribution >= 4 is 23.4 Å². The van der Waals surface area contributed by atoms with E-state index < -0.39 is 34.8 Å². The summed E-state index contributed by atoms with van der Waals surface area (Å²) in [6, 6.07) is 19.5. The number of rotatable bonds is 8. The molecule has 2 atom stereocenters. The van der Waals surface area contributed by atoms with Crippen LogP contribution in [0.5, 0.6) is 0 Å². The molecule has 4 rings (SSSR count). The van der Waals surface area contributed by atoms with Crippen LogP contribution in [0.25, 0.3) is 11.1 Å². The molecule has 3 aromatic carbocycles. The van der Waals surface area contributed by atoms with Crippen LogP contribution in [-0.2, 0) is 9.53 Å². The van der Waals surface area contributed by atoms with Gasteiger partial charge in [0.05, 0.1) is 4.92 Å². The number of aliphatic hydroxyl groups excluding tert-OH is 2. The van der Waals surface area contributed by atoms with Gasteiger partial charge in [-0.15, -0.1) is 0 Å². The molecular formula is C26H25N3O7. The Labute approximate surface area is 206 Å². The van der Waals surface area contributed by atoms with E-state index in [1.165, 1.54) is 19.1 Å². The molecule has 1 aliphatic carbocycles. The maximum Gasteiger partial charge on any atom is 0.407 e. The van der Waals surface area contributed by atoms with Crippen molar-refractivity contribution in [1.29, 1.82) is 0 Å². The van der Waals surface area contributed by atoms with E-state index in [-0.39, 0.29) is 30.3 Å². The van der Waals surface area contributed by atoms with E-state index in [2.05, 4.69) is 10.6 Å². The molecule has 0 heterocycles. The Morgan fingerprint density at radius 3 is 2.22 bits per heavy atom. The Morgan fingerprint density at radius 1 is 1.03 bits per heavy atom. The number of alkyl carbamates (subject to hydrolysis) is 1. The van der Waals surface area contributed by atoms with Crippen molar-refractivity contribution in [2.45, 2.75) is 25.0 Å². The topological polar surface area (TPSA) is 151 Å². The number of aliphatic hydroxyl groups is 2. The fraction of sp³-hybridized carbons (Fsp3) is 0.231. The number of ether oxygens (including phenoxy) is 1. The molecule has 1 aliphatic rings. The summed E-state index contributed by atoms with van der Waals surface area (Å²) in [7, 11) is 0. The molecule has 0 bridgehead atoms. The number of carbonyl (C=O) groups excluding carboxylic acids is 2. The van der Waals surface area contributed by atoms with Gasteiger partial charge in [0.1, 0.15) is 24.5 Å². The minimum atomic E-state index is -1.52. The summed E-state index contributed by atoms with van der Waals surface area (Å²) >= 11 is 0. The number of hydrogen-bond acceptors (Lipinski definition) is 7. The number of nitro benzene ring substituents is 1. The minimum absolute atomic E-state index is 0.0327. The molecule has 4 N–H and O–H groups in total. The summed E-state index contributed by atoms with van der Waals surface area (Å²) in [5, 5.41) is 36.9. The van der Waals surface area contributed by atoms with Crippen molar-refractivity contribution < 1.29 is 29.5 Å². The molecule has 0 aromatic heterocycles. The van der Waals surface area contributed by atoms with Crippen molar-refractivity contribution in [3.05, 3.63) is 93.5 Å². The van der Waals surface area contributed by atoms with E-state index in [1.54, 1.807) is 0 Å². The molecule has 10 heteroatoms. The lowest BCUT2D eigenvalue weighted by Crippen LogP contribution is -2.36. The third-order valence-electron chi connectivity index (χ3n) is 6.03. The fourth-order valence-corrected chi connectivity index (χ4v) is 4.35. The van der Waals surface area contributed by atoms with Crippen molar-refractivity contribution in [3.63, 3.8) is 0 Å². The number of carbonyl (C=O) groups is 2. The van der Waals surface area contributed by atoms with Gasteiger partial charge in [-0.25, -0.2) is 4.79 Å². The smallest absolute Gasteiger partial charge is 0.407 e. The highest BCUT2D eigenvalue weighted by molar-refractivity contribution is 5.91. The van der Waals surface area contributed by atoms with Crippen LogP contribution < -0.4 is 10.6 Å². The third-order valence-corrected chi connectivity index (χ3v) is 6.03. The number of fused-ring (bicyclic) bond motifs is 3. The maximum atomic E-state index is 12.3. The van der Waals surface area contributed by atoms with Crippen LogP contribution in [0.3, 0.4) is 0 Å². The van der Waals surface area contributed by atoms with Gasteiger partial charge in [-0.2, -0.15) is 0 Å². The molecular weight excluding hydrogens is 466 g/mol. The van der Waals surface area contributed by atoms with Crippen LogP contribution in [0, 0.1) is 10.1 Å². The van der Waals surface area contributed by atoms with Gasteiger partial charge in [0.25, 0.3) is 5.69 Å². The molecule has 0 aliphatic heterocycles. The number of amides is 2. The van der Waals surface area contributed by atoms with Crippen molar-refractivity contribution in [3.8, 4) is 11.1 Å². The molecule has 0 spiro atoms. The molecule has 0 saturated heterocycles. The number of nitrogens with one attached hydrogen (secondary N) is 2. The van der Waals surface area contributed by atoms with E-state index in [1.807, 2.05) is 48.5 Å². The van der Waals surface area contributed by atoms with Gasteiger partial charge in [-0.1, -0.05) is 54.6 Å². The predicted octanol–water partition coefficient (Wildman–Crippen LogP) is 3.49. The standard InChI is InChI=1S/C26H25N3O7/c1-15(30)28-22-11-10-16(12-23(22)29(34)35)25(32)24(31)13-27-26(33)36-14-21-19-8-4-2-6-17(19)18-7-3-5-9-20(18)21/h2-12,21,24-25,31-32H,13-14H2,1H3,(H,27,33)(H,28,30). The monoisotopic (exact) mass is 491 g/mol. The van der Waals surface area contributed by atoms with Gasteiger partial charge in [0, 0.05) is 25.5 Å². The maximum absolute atomic E-state index is 12.3. The molecule has 186 valence electrons. The highest BCUT2D eigenvalue weighted by atomic mass is 16.6. The Balaban J connectivity index is 1.35. The Kier molecular flexibility index (Phi) is 7.28. The first-order valence-electron chi connectivity index (χ1n) is 11.3. The Bertz CT molecular complexity index is 1260. The van der Waals surface area contributed by atoms with Gasteiger partial charge >= 0.3 is 6.09 Å². The van der Waals surface area contributed by atoms with Gasteiger partial charge in [0.2, 0.25) is 5.91 Å². The molecule has 0 fully saturated rings. The summed E-state index contributed by atoms with van der Waals surface area (Å²) in [6.45, 7) is 0.958. The van der Waals surface area contributed by atoms with E-state index in [9.17, 15) is 29.9 Å². The third kappa shape index (κ3) is 5.19. The summed E-state index contributed by atoms with van der Waals surface area (Å²) in [5.41, 5.74) is 3.90. The van der Waals surface area contributed by atoms with E-state index in [0.717, 1.165) is 28.3 Å². The van der Waals surface area contributed by atoms with Gasteiger partial charge in [0.15, 0.2) is 0 Å². The lowest BCUT2D eigenvalue weighted by atomic mass is 9.98. The van der Waals surface area contributed by atoms with Crippen LogP contribution in [0.2, 0.25) is 0 Å². The highest BCUT2D eigenvalue weighted by Crippen LogP contribution is 2.44. The summed E-state index contributed by atoms with van der Waals surface area (Å²) in [6.07, 6.45) is -3.75. The predicted molar refractivity (Wildman–Crippen MR) is 131 cm³/mol. The van der Waals surface area contributed by atoms with Gasteiger partial charge < -0.3 is 25.6 Å². The zero-order valence-corrected chi connectivity index (χ0v) is 19.4. The zero-order chi connectivity index (χ0) is 25.8. The molecule has 2 amide bonds. The largest absolute Gasteiger partial charge is 0.449 e. The quantitative estimate of drug-likeness (QED) is 0.278. The van der Waals surface area contributed by atoms with E-state index >= 15 is 0 Å². The Hall–Kier alpha value is -4.28. The number of nitrogens with zero attached hydrogens (tertiary/aromatic N) is 1. The van der Waals surface area contributed by atoms with Gasteiger partial charge in [-0.3, -0.25) is 14.9 Å². The van der Waals surface area contributed by atoms with Crippen molar-refractivity contribution in [2.24, 2.45) is 0 Å². The number of anilines is 1.